The molecule has 3 aliphatic carbocycles. The van der Waals surface area contributed by atoms with Crippen LogP contribution in [0.2, 0.25) is 0 Å². The predicted octanol–water partition coefficient (Wildman–Crippen LogP) is 0.570. The van der Waals surface area contributed by atoms with Gasteiger partial charge in [-0.05, 0) is 44.1 Å². The Bertz CT molecular complexity index is 532. The molecule has 0 heterocycles. The molecule has 0 aromatic heterocycles. The lowest BCUT2D eigenvalue weighted by atomic mass is 9.73. The van der Waals surface area contributed by atoms with Gasteiger partial charge in [-0.25, -0.2) is 0 Å². The number of allylic oxidation sites excluding steroid dienone is 3. The summed E-state index contributed by atoms with van der Waals surface area (Å²) in [6.45, 7) is 0. The van der Waals surface area contributed by atoms with Crippen molar-refractivity contribution in [3.8, 4) is 0 Å². The van der Waals surface area contributed by atoms with Crippen molar-refractivity contribution in [3.05, 3.63) is 34.1 Å². The molecule has 1 fully saturated rings. The second-order valence-corrected chi connectivity index (χ2v) is 6.29. The maximum Gasteiger partial charge on any atom is 0.131 e. The molecule has 0 amide bonds. The van der Waals surface area contributed by atoms with Crippen LogP contribution in [0.25, 0.3) is 0 Å². The van der Waals surface area contributed by atoms with Gasteiger partial charge in [-0.15, -0.1) is 0 Å². The van der Waals surface area contributed by atoms with E-state index in [1.807, 2.05) is 0 Å². The van der Waals surface area contributed by atoms with E-state index in [-0.39, 0.29) is 17.8 Å². The van der Waals surface area contributed by atoms with Crippen molar-refractivity contribution in [1.82, 2.24) is 0 Å². The number of nitrogens with two attached hydrogens (primary N) is 3. The highest BCUT2D eigenvalue weighted by Gasteiger charge is 2.43. The second-order valence-electron chi connectivity index (χ2n) is 6.29. The van der Waals surface area contributed by atoms with Gasteiger partial charge in [0.25, 0.3) is 0 Å². The van der Waals surface area contributed by atoms with Gasteiger partial charge in [0, 0.05) is 17.3 Å². The third-order valence-electron chi connectivity index (χ3n) is 5.24. The summed E-state index contributed by atoms with van der Waals surface area (Å²) in [4.78, 5) is 0. The zero-order chi connectivity index (χ0) is 14.4. The molecule has 3 aliphatic rings. The van der Waals surface area contributed by atoms with Gasteiger partial charge in [-0.3, -0.25) is 0 Å². The summed E-state index contributed by atoms with van der Waals surface area (Å²) in [7, 11) is 0. The zero-order valence-corrected chi connectivity index (χ0v) is 11.9. The number of aliphatic hydroxyl groups is 1. The highest BCUT2D eigenvalue weighted by Crippen LogP contribution is 2.47. The number of aliphatic hydroxyl groups excluding tert-OH is 1. The maximum atomic E-state index is 10.7. The molecular formula is C15H25N4O+. The highest BCUT2D eigenvalue weighted by atomic mass is 16.3. The first kappa shape index (κ1) is 13.4. The molecule has 0 aromatic carbocycles. The van der Waals surface area contributed by atoms with E-state index in [9.17, 15) is 5.11 Å². The van der Waals surface area contributed by atoms with E-state index in [0.29, 0.717) is 17.2 Å². The van der Waals surface area contributed by atoms with Crippen LogP contribution in [0.3, 0.4) is 0 Å². The van der Waals surface area contributed by atoms with Gasteiger partial charge in [0.05, 0.1) is 17.5 Å². The van der Waals surface area contributed by atoms with Gasteiger partial charge in [-0.1, -0.05) is 0 Å². The summed E-state index contributed by atoms with van der Waals surface area (Å²) in [6.07, 6.45) is 5.86. The molecule has 0 saturated heterocycles. The Kier molecular flexibility index (Phi) is 3.17. The number of fused-ring (bicyclic) bond motifs is 1. The zero-order valence-electron chi connectivity index (χ0n) is 11.9. The van der Waals surface area contributed by atoms with Crippen molar-refractivity contribution in [2.24, 2.45) is 35.0 Å². The van der Waals surface area contributed by atoms with Gasteiger partial charge in [0.2, 0.25) is 0 Å². The fourth-order valence-corrected chi connectivity index (χ4v) is 4.09. The van der Waals surface area contributed by atoms with E-state index in [1.54, 1.807) is 0 Å². The number of rotatable bonds is 1. The van der Waals surface area contributed by atoms with Crippen molar-refractivity contribution in [2.75, 3.05) is 0 Å². The average Bonchev–Trinajstić information content (AvgIpc) is 2.91. The number of quaternary nitrogens is 1. The van der Waals surface area contributed by atoms with Crippen LogP contribution in [0.1, 0.15) is 38.5 Å². The largest absolute Gasteiger partial charge is 0.512 e. The Labute approximate surface area is 119 Å². The lowest BCUT2D eigenvalue weighted by molar-refractivity contribution is -0.316. The summed E-state index contributed by atoms with van der Waals surface area (Å²) in [6, 6.07) is 0. The summed E-state index contributed by atoms with van der Waals surface area (Å²) in [5.74, 6) is 0.498. The standard InChI is InChI=1S/C15H24N4O/c16-10-6-2-5-9(12(10)17)11-14(19)13(18)7-3-1-4-8(7)15(11)20/h7,9,11,20H,1-6,16-19H2/p+1. The molecule has 1 saturated carbocycles. The van der Waals surface area contributed by atoms with Gasteiger partial charge in [-0.2, -0.15) is 0 Å². The Hall–Kier alpha value is -1.62. The van der Waals surface area contributed by atoms with Crippen molar-refractivity contribution in [2.45, 2.75) is 38.5 Å². The van der Waals surface area contributed by atoms with Crippen LogP contribution in [0.4, 0.5) is 0 Å². The number of hydrogen-bond acceptors (Lipinski definition) is 4. The van der Waals surface area contributed by atoms with Crippen molar-refractivity contribution in [3.63, 3.8) is 0 Å². The van der Waals surface area contributed by atoms with E-state index in [2.05, 4.69) is 5.73 Å². The molecule has 0 aliphatic heterocycles. The van der Waals surface area contributed by atoms with Crippen molar-refractivity contribution in [1.29, 1.82) is 0 Å². The van der Waals surface area contributed by atoms with E-state index < -0.39 is 0 Å². The summed E-state index contributed by atoms with van der Waals surface area (Å²) in [5, 5.41) is 10.7. The third-order valence-corrected chi connectivity index (χ3v) is 5.24. The van der Waals surface area contributed by atoms with E-state index in [4.69, 9.17) is 17.2 Å². The Morgan fingerprint density at radius 2 is 1.70 bits per heavy atom. The first-order valence-electron chi connectivity index (χ1n) is 7.49. The minimum absolute atomic E-state index is 0.0227. The summed E-state index contributed by atoms with van der Waals surface area (Å²) in [5.41, 5.74) is 26.9. The molecule has 5 nitrogen and oxygen atoms in total. The minimum Gasteiger partial charge on any atom is -0.512 e. The molecule has 0 bridgehead atoms. The first-order chi connectivity index (χ1) is 9.52. The Balaban J connectivity index is 2.04. The van der Waals surface area contributed by atoms with Crippen LogP contribution in [0, 0.1) is 17.8 Å². The highest BCUT2D eigenvalue weighted by molar-refractivity contribution is 5.38. The summed E-state index contributed by atoms with van der Waals surface area (Å²) < 4.78 is 0. The van der Waals surface area contributed by atoms with Crippen LogP contribution in [0.5, 0.6) is 0 Å². The second kappa shape index (κ2) is 4.74. The normalized spacial score (nSPS) is 34.8. The topological polar surface area (TPSA) is 126 Å². The molecule has 20 heavy (non-hydrogen) atoms. The Morgan fingerprint density at radius 3 is 2.45 bits per heavy atom. The molecule has 0 spiro atoms. The fraction of sp³-hybridized carbons (Fsp3) is 0.600. The van der Waals surface area contributed by atoms with Gasteiger partial charge < -0.3 is 28.0 Å². The van der Waals surface area contributed by atoms with Gasteiger partial charge >= 0.3 is 0 Å². The molecule has 10 N–H and O–H groups in total. The molecule has 0 radical (unpaired) electrons. The molecular weight excluding hydrogens is 252 g/mol. The smallest absolute Gasteiger partial charge is 0.131 e. The van der Waals surface area contributed by atoms with Crippen LogP contribution < -0.4 is 22.9 Å². The third kappa shape index (κ3) is 1.80. The Morgan fingerprint density at radius 1 is 1.00 bits per heavy atom. The monoisotopic (exact) mass is 277 g/mol. The van der Waals surface area contributed by atoms with Gasteiger partial charge in [0.15, 0.2) is 0 Å². The van der Waals surface area contributed by atoms with E-state index in [0.717, 1.165) is 55.5 Å². The SMILES string of the molecule is NC1=C(N)C(C2C(N)=C([NH3+])C3CCCC3=C2O)CCC1. The molecule has 0 aromatic rings. The van der Waals surface area contributed by atoms with Crippen LogP contribution >= 0.6 is 0 Å². The van der Waals surface area contributed by atoms with Crippen LogP contribution in [-0.2, 0) is 0 Å². The van der Waals surface area contributed by atoms with E-state index in [1.165, 1.54) is 0 Å². The minimum atomic E-state index is -0.217. The average molecular weight is 277 g/mol. The van der Waals surface area contributed by atoms with Crippen LogP contribution in [-0.4, -0.2) is 5.11 Å². The number of hydrogen-bond donors (Lipinski definition) is 5. The first-order valence-corrected chi connectivity index (χ1v) is 7.49. The lowest BCUT2D eigenvalue weighted by Gasteiger charge is -2.35. The predicted molar refractivity (Wildman–Crippen MR) is 77.3 cm³/mol. The molecule has 3 unspecified atom stereocenters. The van der Waals surface area contributed by atoms with Crippen molar-refractivity contribution >= 4 is 0 Å². The van der Waals surface area contributed by atoms with Gasteiger partial charge in [0.1, 0.15) is 11.5 Å². The fourth-order valence-electron chi connectivity index (χ4n) is 4.09. The van der Waals surface area contributed by atoms with Crippen molar-refractivity contribution < 1.29 is 10.8 Å². The molecule has 5 heteroatoms. The summed E-state index contributed by atoms with van der Waals surface area (Å²) >= 11 is 0. The van der Waals surface area contributed by atoms with Crippen LogP contribution in [0.15, 0.2) is 34.1 Å². The molecule has 3 atom stereocenters. The quantitative estimate of drug-likeness (QED) is 0.480. The molecule has 3 rings (SSSR count). The van der Waals surface area contributed by atoms with E-state index >= 15 is 0 Å². The molecule has 110 valence electrons. The maximum absolute atomic E-state index is 10.7. The lowest BCUT2D eigenvalue weighted by Crippen LogP contribution is -2.55.